The maximum atomic E-state index is 13.8. The number of Topliss-reactive ketones (excluding diaryl/α,β-unsaturated/α-hetero) is 1. The van der Waals surface area contributed by atoms with E-state index in [1.54, 1.807) is 81.4 Å². The molecule has 26 heteroatoms. The number of nitrogens with zero attached hydrogens (tertiary/aromatic N) is 2. The monoisotopic (exact) mass is 1220 g/mol. The molecule has 2 atom stereocenters. The van der Waals surface area contributed by atoms with Crippen LogP contribution < -0.4 is 36.3 Å². The van der Waals surface area contributed by atoms with Crippen LogP contribution in [-0.2, 0) is 62.1 Å². The molecule has 5 amide bonds. The van der Waals surface area contributed by atoms with Crippen molar-refractivity contribution >= 4 is 51.0 Å². The van der Waals surface area contributed by atoms with E-state index in [4.69, 9.17) is 24.4 Å². The van der Waals surface area contributed by atoms with E-state index in [1.165, 1.54) is 0 Å². The summed E-state index contributed by atoms with van der Waals surface area (Å²) in [6.07, 6.45) is 3.40. The zero-order valence-corrected chi connectivity index (χ0v) is 48.5. The summed E-state index contributed by atoms with van der Waals surface area (Å²) in [5, 5.41) is 11.1. The zero-order valence-electron chi connectivity index (χ0n) is 47.7. The second-order valence-corrected chi connectivity index (χ2v) is 22.2. The normalized spacial score (nSPS) is 12.1. The van der Waals surface area contributed by atoms with E-state index in [2.05, 4.69) is 31.0 Å². The third kappa shape index (κ3) is 20.1. The number of anilines is 1. The van der Waals surface area contributed by atoms with Crippen LogP contribution in [0.5, 0.6) is 5.75 Å². The number of aromatic nitrogens is 2. The first-order valence-electron chi connectivity index (χ1n) is 27.3. The van der Waals surface area contributed by atoms with Crippen molar-refractivity contribution in [2.24, 2.45) is 17.6 Å². The average Bonchev–Trinajstić information content (AvgIpc) is 2.74. The Morgan fingerprint density at radius 2 is 1.35 bits per heavy atom. The number of aryl methyl sites for hydroxylation is 2. The van der Waals surface area contributed by atoms with Gasteiger partial charge in [0.25, 0.3) is 5.91 Å². The fourth-order valence-electron chi connectivity index (χ4n) is 8.49. The number of ketones is 1. The Morgan fingerprint density at radius 1 is 0.733 bits per heavy atom. The number of oxazole rings is 1. The number of nitrogens with two attached hydrogens (primary N) is 1. The molecule has 0 aliphatic rings. The SMILES string of the molecule is Cc1ccc(S(=O)(=O)Cc2nc(-c3ccc(C(=O)NCc4ccc[n+](Cc5ccc(NC(=O)[C@H](CCCNC(N)=O)CC(=O)[C@@H](NC(=O)CCOCCOCCOCCC(=O)Oc6c(F)c(F)c(F)c(F)c6F)C(C)C)cc5)c4)cc3)oc2C)cc1. The van der Waals surface area contributed by atoms with Gasteiger partial charge in [-0.05, 0) is 87.2 Å². The number of urea groups is 1. The summed E-state index contributed by atoms with van der Waals surface area (Å²) in [6.45, 7) is 7.66. The molecule has 0 unspecified atom stereocenters. The highest BCUT2D eigenvalue weighted by Crippen LogP contribution is 2.30. The quantitative estimate of drug-likeness (QED) is 0.00510. The van der Waals surface area contributed by atoms with E-state index in [0.717, 1.165) is 16.7 Å². The second-order valence-electron chi connectivity index (χ2n) is 20.2. The Morgan fingerprint density at radius 3 is 1.98 bits per heavy atom. The summed E-state index contributed by atoms with van der Waals surface area (Å²) in [7, 11) is -3.66. The van der Waals surface area contributed by atoms with Crippen molar-refractivity contribution in [3.05, 3.63) is 160 Å². The van der Waals surface area contributed by atoms with Crippen molar-refractivity contribution in [3.63, 3.8) is 0 Å². The van der Waals surface area contributed by atoms with Crippen molar-refractivity contribution < 1.29 is 87.1 Å². The number of sulfone groups is 1. The standard InChI is InChI=1S/C60H66F5N7O13S/c1-36(2)55(71-48(74)21-25-81-27-29-83-30-28-82-26-22-49(75)85-56-53(64)51(62)50(61)52(63)54(56)65)47(73)31-43(8-5-23-67-60(66)78)58(77)69-44-17-11-39(12-18-44)33-72-24-6-7-40(34-72)32-68-57(76)41-13-15-42(16-14-41)59-70-46(38(4)84-59)35-86(79,80)45-19-9-37(3)10-20-45/h6-7,9-20,24,34,36,43,55H,5,8,21-23,25-33,35H2,1-4H3,(H5-,66,67,68,69,71,74,76,77,78)/p+1/t43-,55+/m1/s1. The number of nitrogens with one attached hydrogen (secondary N) is 4. The number of primary amides is 1. The number of esters is 1. The summed E-state index contributed by atoms with van der Waals surface area (Å²) in [6, 6.07) is 22.4. The van der Waals surface area contributed by atoms with E-state index in [-0.39, 0.29) is 106 Å². The van der Waals surface area contributed by atoms with Crippen LogP contribution in [0.2, 0.25) is 0 Å². The molecule has 0 spiro atoms. The number of ether oxygens (including phenoxy) is 4. The summed E-state index contributed by atoms with van der Waals surface area (Å²) in [5.41, 5.74) is 9.62. The lowest BCUT2D eigenvalue weighted by Crippen LogP contribution is -2.45. The van der Waals surface area contributed by atoms with Gasteiger partial charge in [-0.1, -0.05) is 43.7 Å². The van der Waals surface area contributed by atoms with E-state index in [9.17, 15) is 59.1 Å². The highest BCUT2D eigenvalue weighted by Gasteiger charge is 2.31. The van der Waals surface area contributed by atoms with E-state index in [1.807, 2.05) is 48.1 Å². The molecule has 0 saturated carbocycles. The third-order valence-corrected chi connectivity index (χ3v) is 14.8. The summed E-state index contributed by atoms with van der Waals surface area (Å²) >= 11 is 0. The van der Waals surface area contributed by atoms with Gasteiger partial charge in [-0.25, -0.2) is 35.9 Å². The molecule has 0 radical (unpaired) electrons. The molecule has 6 rings (SSSR count). The highest BCUT2D eigenvalue weighted by atomic mass is 32.2. The van der Waals surface area contributed by atoms with Gasteiger partial charge in [0, 0.05) is 65.9 Å². The molecule has 0 aliphatic heterocycles. The van der Waals surface area contributed by atoms with Crippen LogP contribution in [-0.4, -0.2) is 101 Å². The number of halogens is 5. The molecule has 4 aromatic carbocycles. The summed E-state index contributed by atoms with van der Waals surface area (Å²) < 4.78 is 122. The molecule has 6 aromatic rings. The molecule has 0 saturated heterocycles. The van der Waals surface area contributed by atoms with Gasteiger partial charge in [0.2, 0.25) is 52.5 Å². The largest absolute Gasteiger partial charge is 0.441 e. The maximum Gasteiger partial charge on any atom is 0.313 e. The number of carbonyl (C=O) groups is 6. The van der Waals surface area contributed by atoms with Gasteiger partial charge in [-0.3, -0.25) is 24.0 Å². The van der Waals surface area contributed by atoms with Gasteiger partial charge >= 0.3 is 12.0 Å². The van der Waals surface area contributed by atoms with Gasteiger partial charge in [0.05, 0.1) is 62.7 Å². The number of carbonyl (C=O) groups excluding carboxylic acids is 6. The van der Waals surface area contributed by atoms with Crippen LogP contribution in [0.15, 0.2) is 107 Å². The molecule has 0 aliphatic carbocycles. The fraction of sp³-hybridized carbons (Fsp3) is 0.367. The van der Waals surface area contributed by atoms with Crippen LogP contribution in [0, 0.1) is 54.8 Å². The second kappa shape index (κ2) is 32.2. The van der Waals surface area contributed by atoms with E-state index < -0.39 is 86.9 Å². The Kier molecular flexibility index (Phi) is 24.9. The van der Waals surface area contributed by atoms with Gasteiger partial charge in [-0.2, -0.15) is 8.78 Å². The number of rotatable bonds is 33. The number of hydrogen-bond donors (Lipinski definition) is 5. The van der Waals surface area contributed by atoms with Gasteiger partial charge in [0.1, 0.15) is 11.5 Å². The number of benzene rings is 4. The first-order chi connectivity index (χ1) is 41.0. The molecular weight excluding hydrogens is 1150 g/mol. The van der Waals surface area contributed by atoms with E-state index in [0.29, 0.717) is 41.2 Å². The van der Waals surface area contributed by atoms with Gasteiger partial charge < -0.3 is 50.4 Å². The van der Waals surface area contributed by atoms with Gasteiger partial charge in [-0.15, -0.1) is 0 Å². The third-order valence-electron chi connectivity index (χ3n) is 13.2. The van der Waals surface area contributed by atoms with Gasteiger partial charge in [0.15, 0.2) is 34.6 Å². The predicted molar refractivity (Wildman–Crippen MR) is 301 cm³/mol. The van der Waals surface area contributed by atoms with Crippen LogP contribution in [0.4, 0.5) is 32.4 Å². The minimum Gasteiger partial charge on any atom is -0.441 e. The van der Waals surface area contributed by atoms with Crippen molar-refractivity contribution in [2.45, 2.75) is 89.6 Å². The van der Waals surface area contributed by atoms with Crippen molar-refractivity contribution in [3.8, 4) is 17.2 Å². The lowest BCUT2D eigenvalue weighted by atomic mass is 9.89. The smallest absolute Gasteiger partial charge is 0.313 e. The number of hydrogen-bond acceptors (Lipinski definition) is 14. The topological polar surface area (TPSA) is 278 Å². The number of pyridine rings is 1. The lowest BCUT2D eigenvalue weighted by molar-refractivity contribution is -0.688. The molecular formula is C60H67F5N7O13S+. The van der Waals surface area contributed by atoms with Crippen LogP contribution in [0.1, 0.15) is 84.5 Å². The molecule has 460 valence electrons. The van der Waals surface area contributed by atoms with Crippen LogP contribution in [0.25, 0.3) is 11.5 Å². The first kappa shape index (κ1) is 66.7. The lowest BCUT2D eigenvalue weighted by Gasteiger charge is -2.24. The molecule has 2 heterocycles. The van der Waals surface area contributed by atoms with E-state index >= 15 is 0 Å². The minimum atomic E-state index is -3.66. The fourth-order valence-corrected chi connectivity index (χ4v) is 9.84. The Balaban J connectivity index is 0.908. The molecule has 6 N–H and O–H groups in total. The number of amides is 5. The molecule has 20 nitrogen and oxygen atoms in total. The first-order valence-corrected chi connectivity index (χ1v) is 29.0. The highest BCUT2D eigenvalue weighted by molar-refractivity contribution is 7.90. The van der Waals surface area contributed by atoms with Crippen LogP contribution >= 0.6 is 0 Å². The van der Waals surface area contributed by atoms with Crippen molar-refractivity contribution in [1.82, 2.24) is 20.9 Å². The summed E-state index contributed by atoms with van der Waals surface area (Å²) in [4.78, 5) is 81.6. The zero-order chi connectivity index (χ0) is 62.5. The average molecular weight is 1220 g/mol. The Labute approximate surface area is 493 Å². The van der Waals surface area contributed by atoms with Crippen molar-refractivity contribution in [1.29, 1.82) is 0 Å². The molecule has 86 heavy (non-hydrogen) atoms. The Hall–Kier alpha value is -8.46. The van der Waals surface area contributed by atoms with Crippen LogP contribution in [0.3, 0.4) is 0 Å². The summed E-state index contributed by atoms with van der Waals surface area (Å²) in [5.74, 6) is -17.0. The minimum absolute atomic E-state index is 0.0253. The maximum absolute atomic E-state index is 13.8. The Bertz CT molecular complexity index is 3410. The molecule has 0 bridgehead atoms. The predicted octanol–water partition coefficient (Wildman–Crippen LogP) is 7.43. The molecule has 2 aromatic heterocycles. The molecule has 0 fully saturated rings. The van der Waals surface area contributed by atoms with Crippen molar-refractivity contribution in [2.75, 3.05) is 51.5 Å².